The number of nitrogens with one attached hydrogen (secondary N) is 1. The van der Waals surface area contributed by atoms with E-state index in [4.69, 9.17) is 4.74 Å². The van der Waals surface area contributed by atoms with E-state index in [0.717, 1.165) is 23.7 Å². The number of hydrogen-bond donors (Lipinski definition) is 1. The second-order valence-electron chi connectivity index (χ2n) is 6.12. The van der Waals surface area contributed by atoms with Crippen molar-refractivity contribution in [1.82, 2.24) is 0 Å². The first-order valence-corrected chi connectivity index (χ1v) is 7.02. The zero-order valence-electron chi connectivity index (χ0n) is 12.2. The fourth-order valence-electron chi connectivity index (χ4n) is 2.50. The van der Waals surface area contributed by atoms with Gasteiger partial charge in [-0.15, -0.1) is 0 Å². The van der Waals surface area contributed by atoms with Crippen molar-refractivity contribution >= 4 is 22.4 Å². The molecule has 1 aliphatic rings. The molecule has 0 saturated heterocycles. The van der Waals surface area contributed by atoms with Crippen molar-refractivity contribution in [2.75, 3.05) is 18.5 Å². The summed E-state index contributed by atoms with van der Waals surface area (Å²) >= 11 is 0. The highest BCUT2D eigenvalue weighted by Gasteiger charge is 2.20. The lowest BCUT2D eigenvalue weighted by atomic mass is 10.00. The quantitative estimate of drug-likeness (QED) is 0.898. The van der Waals surface area contributed by atoms with Crippen molar-refractivity contribution in [2.45, 2.75) is 26.3 Å². The molecule has 1 aliphatic heterocycles. The van der Waals surface area contributed by atoms with Crippen LogP contribution in [0, 0.1) is 0 Å². The monoisotopic (exact) mass is 268 g/mol. The minimum atomic E-state index is -0.00360. The van der Waals surface area contributed by atoms with Crippen LogP contribution in [0.4, 0.5) is 5.69 Å². The molecule has 0 radical (unpaired) electrons. The van der Waals surface area contributed by atoms with Gasteiger partial charge in [0, 0.05) is 11.2 Å². The maximum Gasteiger partial charge on any atom is 0.219 e. The average molecular weight is 268 g/mol. The van der Waals surface area contributed by atoms with E-state index in [1.54, 1.807) is 0 Å². The second kappa shape index (κ2) is 4.82. The lowest BCUT2D eigenvalue weighted by Crippen LogP contribution is -2.27. The first-order chi connectivity index (χ1) is 9.54. The zero-order chi connectivity index (χ0) is 14.2. The van der Waals surface area contributed by atoms with Gasteiger partial charge in [0.2, 0.25) is 5.90 Å². The molecule has 1 N–H and O–H groups in total. The summed E-state index contributed by atoms with van der Waals surface area (Å²) in [6.45, 7) is 7.89. The second-order valence-corrected chi connectivity index (χ2v) is 6.12. The SMILES string of the molecule is CC(C)(C)Nc1ccc2ccccc2c1C1=NCCO1. The Balaban J connectivity index is 2.21. The third kappa shape index (κ3) is 2.48. The van der Waals surface area contributed by atoms with E-state index in [1.807, 2.05) is 0 Å². The van der Waals surface area contributed by atoms with Gasteiger partial charge in [-0.25, -0.2) is 4.99 Å². The highest BCUT2D eigenvalue weighted by Crippen LogP contribution is 2.30. The molecule has 0 aromatic heterocycles. The van der Waals surface area contributed by atoms with Crippen LogP contribution in [0.2, 0.25) is 0 Å². The van der Waals surface area contributed by atoms with Gasteiger partial charge in [-0.05, 0) is 37.6 Å². The number of anilines is 1. The van der Waals surface area contributed by atoms with Crippen molar-refractivity contribution in [3.63, 3.8) is 0 Å². The maximum atomic E-state index is 5.71. The lowest BCUT2D eigenvalue weighted by molar-refractivity contribution is 0.349. The molecule has 3 heteroatoms. The van der Waals surface area contributed by atoms with Crippen molar-refractivity contribution in [1.29, 1.82) is 0 Å². The van der Waals surface area contributed by atoms with E-state index in [2.05, 4.69) is 67.5 Å². The van der Waals surface area contributed by atoms with Gasteiger partial charge in [0.05, 0.1) is 12.1 Å². The van der Waals surface area contributed by atoms with Crippen molar-refractivity contribution in [3.8, 4) is 0 Å². The summed E-state index contributed by atoms with van der Waals surface area (Å²) in [6, 6.07) is 12.6. The Bertz CT molecular complexity index is 668. The van der Waals surface area contributed by atoms with Gasteiger partial charge in [0.15, 0.2) is 0 Å². The molecule has 3 nitrogen and oxygen atoms in total. The normalized spacial score (nSPS) is 15.1. The van der Waals surface area contributed by atoms with Crippen LogP contribution in [0.1, 0.15) is 26.3 Å². The molecule has 0 unspecified atom stereocenters. The summed E-state index contributed by atoms with van der Waals surface area (Å²) in [7, 11) is 0. The molecular formula is C17H20N2O. The zero-order valence-corrected chi connectivity index (χ0v) is 12.2. The summed E-state index contributed by atoms with van der Waals surface area (Å²) in [4.78, 5) is 4.50. The lowest BCUT2D eigenvalue weighted by Gasteiger charge is -2.24. The molecule has 3 rings (SSSR count). The fourth-order valence-corrected chi connectivity index (χ4v) is 2.50. The van der Waals surface area contributed by atoms with Crippen LogP contribution in [0.5, 0.6) is 0 Å². The first kappa shape index (κ1) is 13.0. The number of hydrogen-bond acceptors (Lipinski definition) is 3. The number of aliphatic imine (C=N–C) groups is 1. The summed E-state index contributed by atoms with van der Waals surface area (Å²) < 4.78 is 5.71. The number of ether oxygens (including phenoxy) is 1. The number of nitrogens with zero attached hydrogens (tertiary/aromatic N) is 1. The minimum absolute atomic E-state index is 0.00360. The molecular weight excluding hydrogens is 248 g/mol. The Hall–Kier alpha value is -2.03. The Morgan fingerprint density at radius 2 is 1.90 bits per heavy atom. The molecule has 0 amide bonds. The van der Waals surface area contributed by atoms with Crippen LogP contribution in [-0.4, -0.2) is 24.6 Å². The Morgan fingerprint density at radius 1 is 1.10 bits per heavy atom. The van der Waals surface area contributed by atoms with E-state index in [-0.39, 0.29) is 5.54 Å². The average Bonchev–Trinajstić information content (AvgIpc) is 2.90. The molecule has 0 saturated carbocycles. The molecule has 0 aliphatic carbocycles. The molecule has 20 heavy (non-hydrogen) atoms. The third-order valence-electron chi connectivity index (χ3n) is 3.24. The molecule has 104 valence electrons. The van der Waals surface area contributed by atoms with Gasteiger partial charge < -0.3 is 10.1 Å². The molecule has 1 heterocycles. The van der Waals surface area contributed by atoms with Gasteiger partial charge in [0.25, 0.3) is 0 Å². The molecule has 0 fully saturated rings. The Labute approximate surface area is 119 Å². The van der Waals surface area contributed by atoms with E-state index in [0.29, 0.717) is 6.61 Å². The predicted molar refractivity (Wildman–Crippen MR) is 84.7 cm³/mol. The van der Waals surface area contributed by atoms with Gasteiger partial charge in [-0.3, -0.25) is 0 Å². The molecule has 2 aromatic rings. The van der Waals surface area contributed by atoms with E-state index in [1.165, 1.54) is 10.8 Å². The van der Waals surface area contributed by atoms with Crippen LogP contribution in [0.25, 0.3) is 10.8 Å². The topological polar surface area (TPSA) is 33.6 Å². The summed E-state index contributed by atoms with van der Waals surface area (Å²) in [5.74, 6) is 0.758. The summed E-state index contributed by atoms with van der Waals surface area (Å²) in [5.41, 5.74) is 2.16. The fraction of sp³-hybridized carbons (Fsp3) is 0.353. The highest BCUT2D eigenvalue weighted by atomic mass is 16.5. The van der Waals surface area contributed by atoms with Gasteiger partial charge in [-0.2, -0.15) is 0 Å². The predicted octanol–water partition coefficient (Wildman–Crippen LogP) is 3.83. The van der Waals surface area contributed by atoms with Crippen molar-refractivity contribution in [2.24, 2.45) is 4.99 Å². The van der Waals surface area contributed by atoms with Crippen LogP contribution in [0.3, 0.4) is 0 Å². The Kier molecular flexibility index (Phi) is 3.13. The highest BCUT2D eigenvalue weighted by molar-refractivity contribution is 6.12. The largest absolute Gasteiger partial charge is 0.475 e. The number of benzene rings is 2. The summed E-state index contributed by atoms with van der Waals surface area (Å²) in [6.07, 6.45) is 0. The van der Waals surface area contributed by atoms with E-state index in [9.17, 15) is 0 Å². The molecule has 0 spiro atoms. The van der Waals surface area contributed by atoms with Gasteiger partial charge >= 0.3 is 0 Å². The third-order valence-corrected chi connectivity index (χ3v) is 3.24. The van der Waals surface area contributed by atoms with Crippen molar-refractivity contribution < 1.29 is 4.74 Å². The van der Waals surface area contributed by atoms with Gasteiger partial charge in [0.1, 0.15) is 6.61 Å². The van der Waals surface area contributed by atoms with Crippen LogP contribution in [0.15, 0.2) is 41.4 Å². The van der Waals surface area contributed by atoms with Crippen LogP contribution in [-0.2, 0) is 4.74 Å². The van der Waals surface area contributed by atoms with E-state index >= 15 is 0 Å². The van der Waals surface area contributed by atoms with Gasteiger partial charge in [-0.1, -0.05) is 30.3 Å². The molecule has 2 aromatic carbocycles. The summed E-state index contributed by atoms with van der Waals surface area (Å²) in [5, 5.41) is 5.95. The van der Waals surface area contributed by atoms with Crippen LogP contribution >= 0.6 is 0 Å². The maximum absolute atomic E-state index is 5.71. The van der Waals surface area contributed by atoms with E-state index < -0.39 is 0 Å². The smallest absolute Gasteiger partial charge is 0.219 e. The number of rotatable bonds is 2. The first-order valence-electron chi connectivity index (χ1n) is 7.02. The van der Waals surface area contributed by atoms with Crippen LogP contribution < -0.4 is 5.32 Å². The molecule has 0 bridgehead atoms. The Morgan fingerprint density at radius 3 is 2.60 bits per heavy atom. The minimum Gasteiger partial charge on any atom is -0.475 e. The number of fused-ring (bicyclic) bond motifs is 1. The van der Waals surface area contributed by atoms with Crippen molar-refractivity contribution in [3.05, 3.63) is 42.0 Å². The molecule has 0 atom stereocenters. The standard InChI is InChI=1S/C17H20N2O/c1-17(2,3)19-14-9-8-12-6-4-5-7-13(12)15(14)16-18-10-11-20-16/h4-9,19H,10-11H2,1-3H3.